The predicted octanol–water partition coefficient (Wildman–Crippen LogP) is 1.34. The molecule has 1 aromatic heterocycles. The lowest BCUT2D eigenvalue weighted by Gasteiger charge is -2.00. The third kappa shape index (κ3) is 0.262. The summed E-state index contributed by atoms with van der Waals surface area (Å²) >= 11 is 0. The molecule has 0 fully saturated rings. The maximum Gasteiger partial charge on any atom is 0.112 e. The number of aromatic nitrogens is 2. The zero-order chi connectivity index (χ0) is 5.84. The van der Waals surface area contributed by atoms with E-state index in [0.717, 1.165) is 5.52 Å². The molecule has 3 heterocycles. The molecule has 1 aromatic rings. The second-order valence-corrected chi connectivity index (χ2v) is 2.26. The van der Waals surface area contributed by atoms with Gasteiger partial charge >= 0.3 is 0 Å². The zero-order valence-corrected chi connectivity index (χ0v) is 4.70. The second kappa shape index (κ2) is 0.880. The van der Waals surface area contributed by atoms with Crippen LogP contribution < -0.4 is 0 Å². The van der Waals surface area contributed by atoms with Crippen molar-refractivity contribution in [3.05, 3.63) is 24.5 Å². The van der Waals surface area contributed by atoms with Crippen LogP contribution in [0.5, 0.6) is 0 Å². The van der Waals surface area contributed by atoms with E-state index in [2.05, 4.69) is 21.8 Å². The first-order chi connectivity index (χ1) is 4.47. The van der Waals surface area contributed by atoms with E-state index in [-0.39, 0.29) is 0 Å². The van der Waals surface area contributed by atoms with E-state index < -0.39 is 0 Å². The van der Waals surface area contributed by atoms with E-state index in [1.54, 1.807) is 0 Å². The zero-order valence-electron chi connectivity index (χ0n) is 4.70. The third-order valence-corrected chi connectivity index (χ3v) is 1.73. The molecule has 0 unspecified atom stereocenters. The van der Waals surface area contributed by atoms with Crippen molar-refractivity contribution in [1.29, 1.82) is 0 Å². The Labute approximate surface area is 51.7 Å². The highest BCUT2D eigenvalue weighted by Crippen LogP contribution is 2.36. The van der Waals surface area contributed by atoms with Gasteiger partial charge in [0.2, 0.25) is 0 Å². The van der Waals surface area contributed by atoms with Gasteiger partial charge in [-0.25, -0.2) is 0 Å². The normalized spacial score (nSPS) is 12.4. The van der Waals surface area contributed by atoms with Gasteiger partial charge in [0.1, 0.15) is 5.52 Å². The summed E-state index contributed by atoms with van der Waals surface area (Å²) < 4.78 is 2.14. The Balaban J connectivity index is 2.69. The average Bonchev–Trinajstić information content (AvgIpc) is 2.58. The molecule has 0 N–H and O–H groups in total. The molecule has 42 valence electrons. The van der Waals surface area contributed by atoms with Crippen molar-refractivity contribution in [1.82, 2.24) is 9.55 Å². The van der Waals surface area contributed by atoms with Crippen molar-refractivity contribution in [3.63, 3.8) is 0 Å². The quantitative estimate of drug-likeness (QED) is 0.433. The number of nitrogens with zero attached hydrogens (tertiary/aromatic N) is 2. The molecule has 0 amide bonds. The van der Waals surface area contributed by atoms with Crippen molar-refractivity contribution in [2.45, 2.75) is 0 Å². The summed E-state index contributed by atoms with van der Waals surface area (Å²) in [5, 5.41) is 0. The monoisotopic (exact) mass is 116 g/mol. The fourth-order valence-electron chi connectivity index (χ4n) is 1.20. The van der Waals surface area contributed by atoms with Crippen molar-refractivity contribution in [2.24, 2.45) is 0 Å². The predicted molar refractivity (Wildman–Crippen MR) is 34.6 cm³/mol. The third-order valence-electron chi connectivity index (χ3n) is 1.73. The van der Waals surface area contributed by atoms with E-state index in [9.17, 15) is 0 Å². The SMILES string of the molecule is c1cnc2c3cn-3c2c1. The highest BCUT2D eigenvalue weighted by Gasteiger charge is 2.22. The van der Waals surface area contributed by atoms with Crippen LogP contribution >= 0.6 is 0 Å². The molecule has 3 rings (SSSR count). The molecule has 0 spiro atoms. The molecule has 0 radical (unpaired) electrons. The van der Waals surface area contributed by atoms with Crippen LogP contribution in [0.15, 0.2) is 24.5 Å². The minimum absolute atomic E-state index is 1.16. The van der Waals surface area contributed by atoms with E-state index >= 15 is 0 Å². The Morgan fingerprint density at radius 1 is 1.44 bits per heavy atom. The van der Waals surface area contributed by atoms with Crippen molar-refractivity contribution in [3.8, 4) is 5.69 Å². The first-order valence-electron chi connectivity index (χ1n) is 2.93. The first kappa shape index (κ1) is 3.67. The van der Waals surface area contributed by atoms with Crippen molar-refractivity contribution < 1.29 is 0 Å². The molecule has 2 heteroatoms. The van der Waals surface area contributed by atoms with Gasteiger partial charge in [0.05, 0.1) is 11.2 Å². The van der Waals surface area contributed by atoms with Crippen LogP contribution in [0, 0.1) is 0 Å². The fourth-order valence-corrected chi connectivity index (χ4v) is 1.20. The van der Waals surface area contributed by atoms with Crippen molar-refractivity contribution in [2.75, 3.05) is 0 Å². The van der Waals surface area contributed by atoms with E-state index in [4.69, 9.17) is 0 Å². The Kier molecular flexibility index (Phi) is 0.358. The molecule has 0 saturated carbocycles. The van der Waals surface area contributed by atoms with Crippen LogP contribution in [-0.4, -0.2) is 9.55 Å². The molecule has 2 aliphatic rings. The number of fused-ring (bicyclic) bond motifs is 4. The fraction of sp³-hybridized carbons (Fsp3) is 0. The number of hydrogen-bond donors (Lipinski definition) is 0. The van der Waals surface area contributed by atoms with Gasteiger partial charge in [-0.15, -0.1) is 0 Å². The molecule has 2 aliphatic heterocycles. The smallest absolute Gasteiger partial charge is 0.112 e. The van der Waals surface area contributed by atoms with Gasteiger partial charge in [0.15, 0.2) is 0 Å². The van der Waals surface area contributed by atoms with Crippen LogP contribution in [0.25, 0.3) is 16.7 Å². The lowest BCUT2D eigenvalue weighted by Crippen LogP contribution is -1.88. The van der Waals surface area contributed by atoms with Gasteiger partial charge < -0.3 is 4.57 Å². The molecule has 0 aliphatic carbocycles. The second-order valence-electron chi connectivity index (χ2n) is 2.26. The maximum absolute atomic E-state index is 4.18. The van der Waals surface area contributed by atoms with Gasteiger partial charge in [-0.3, -0.25) is 4.98 Å². The van der Waals surface area contributed by atoms with Crippen LogP contribution in [0.4, 0.5) is 0 Å². The van der Waals surface area contributed by atoms with Crippen LogP contribution in [0.3, 0.4) is 0 Å². The molecule has 0 atom stereocenters. The van der Waals surface area contributed by atoms with E-state index in [1.165, 1.54) is 11.2 Å². The Morgan fingerprint density at radius 3 is 3.33 bits per heavy atom. The van der Waals surface area contributed by atoms with Gasteiger partial charge in [-0.05, 0) is 12.1 Å². The van der Waals surface area contributed by atoms with Gasteiger partial charge in [0.25, 0.3) is 0 Å². The summed E-state index contributed by atoms with van der Waals surface area (Å²) in [7, 11) is 0. The van der Waals surface area contributed by atoms with Crippen molar-refractivity contribution >= 4 is 11.0 Å². The summed E-state index contributed by atoms with van der Waals surface area (Å²) in [6.07, 6.45) is 3.92. The Morgan fingerprint density at radius 2 is 2.44 bits per heavy atom. The molecule has 9 heavy (non-hydrogen) atoms. The molecule has 0 bridgehead atoms. The minimum atomic E-state index is 1.16. The van der Waals surface area contributed by atoms with Gasteiger partial charge in [-0.1, -0.05) is 0 Å². The lowest BCUT2D eigenvalue weighted by molar-refractivity contribution is 1.25. The number of pyridine rings is 1. The highest BCUT2D eigenvalue weighted by atomic mass is 15.1. The lowest BCUT2D eigenvalue weighted by atomic mass is 10.3. The van der Waals surface area contributed by atoms with E-state index in [1.807, 2.05) is 12.3 Å². The largest absolute Gasteiger partial charge is 0.309 e. The summed E-state index contributed by atoms with van der Waals surface area (Å²) in [6.45, 7) is 0. The summed E-state index contributed by atoms with van der Waals surface area (Å²) in [6, 6.07) is 4.04. The highest BCUT2D eigenvalue weighted by molar-refractivity contribution is 5.96. The van der Waals surface area contributed by atoms with Gasteiger partial charge in [0, 0.05) is 12.4 Å². The summed E-state index contributed by atoms with van der Waals surface area (Å²) in [5.74, 6) is 0. The van der Waals surface area contributed by atoms with E-state index in [0.29, 0.717) is 0 Å². The van der Waals surface area contributed by atoms with Crippen LogP contribution in [0.1, 0.15) is 0 Å². The number of rotatable bonds is 0. The molecular weight excluding hydrogens is 112 g/mol. The Bertz CT molecular complexity index is 351. The van der Waals surface area contributed by atoms with Crippen LogP contribution in [-0.2, 0) is 0 Å². The summed E-state index contributed by atoms with van der Waals surface area (Å²) in [4.78, 5) is 4.18. The molecule has 2 nitrogen and oxygen atoms in total. The molecule has 0 aromatic carbocycles. The maximum atomic E-state index is 4.18. The standard InChI is InChI=1S/C7H4N2/c1-2-5-7(8-3-1)6-4-9(5)6/h1-4H. The molecular formula is C7H4N2. The van der Waals surface area contributed by atoms with Crippen LogP contribution in [0.2, 0.25) is 0 Å². The number of hydrogen-bond acceptors (Lipinski definition) is 1. The van der Waals surface area contributed by atoms with Gasteiger partial charge in [-0.2, -0.15) is 0 Å². The summed E-state index contributed by atoms with van der Waals surface area (Å²) in [5.41, 5.74) is 3.72. The topological polar surface area (TPSA) is 17.8 Å². The Hall–Kier alpha value is -1.31. The first-order valence-corrected chi connectivity index (χ1v) is 2.93. The minimum Gasteiger partial charge on any atom is -0.309 e. The average molecular weight is 116 g/mol. The molecule has 0 saturated heterocycles.